The van der Waals surface area contributed by atoms with Gasteiger partial charge >= 0.3 is 5.97 Å². The average Bonchev–Trinajstić information content (AvgIpc) is 2.51. The second kappa shape index (κ2) is 5.01. The highest BCUT2D eigenvalue weighted by Gasteiger charge is 2.14. The third kappa shape index (κ3) is 2.16. The van der Waals surface area contributed by atoms with Crippen LogP contribution >= 0.6 is 0 Å². The van der Waals surface area contributed by atoms with E-state index < -0.39 is 5.97 Å². The van der Waals surface area contributed by atoms with Crippen LogP contribution in [0.1, 0.15) is 15.9 Å². The van der Waals surface area contributed by atoms with E-state index >= 15 is 0 Å². The largest absolute Gasteiger partial charge is 0.497 e. The molecule has 3 aromatic rings. The number of carbonyl (C=O) groups is 1. The minimum absolute atomic E-state index is 0.416. The molecule has 1 aromatic heterocycles. The number of ether oxygens (including phenoxy) is 2. The molecule has 1 heterocycles. The molecule has 0 unspecified atom stereocenters. The molecule has 3 rings (SSSR count). The molecular formula is C16H14N2O3. The molecule has 2 aromatic carbocycles. The van der Waals surface area contributed by atoms with E-state index in [0.29, 0.717) is 16.6 Å². The Kier molecular flexibility index (Phi) is 3.17. The summed E-state index contributed by atoms with van der Waals surface area (Å²) in [6.45, 7) is 1.94. The van der Waals surface area contributed by atoms with Gasteiger partial charge in [0.05, 0.1) is 36.3 Å². The van der Waals surface area contributed by atoms with Crippen LogP contribution < -0.4 is 4.74 Å². The number of carbonyl (C=O) groups excluding carboxylic acids is 1. The van der Waals surface area contributed by atoms with E-state index in [-0.39, 0.29) is 0 Å². The summed E-state index contributed by atoms with van der Waals surface area (Å²) in [5.74, 6) is 0.318. The predicted molar refractivity (Wildman–Crippen MR) is 79.7 cm³/mol. The maximum Gasteiger partial charge on any atom is 0.340 e. The second-order valence-corrected chi connectivity index (χ2v) is 4.70. The maximum atomic E-state index is 11.8. The van der Waals surface area contributed by atoms with Crippen molar-refractivity contribution >= 4 is 28.0 Å². The van der Waals surface area contributed by atoms with Gasteiger partial charge in [0.25, 0.3) is 0 Å². The molecule has 0 aliphatic heterocycles. The molecular weight excluding hydrogens is 268 g/mol. The molecule has 5 nitrogen and oxygen atoms in total. The van der Waals surface area contributed by atoms with Gasteiger partial charge in [0, 0.05) is 6.07 Å². The normalized spacial score (nSPS) is 10.8. The van der Waals surface area contributed by atoms with Crippen molar-refractivity contribution in [1.29, 1.82) is 0 Å². The van der Waals surface area contributed by atoms with Gasteiger partial charge in [0.2, 0.25) is 0 Å². The van der Waals surface area contributed by atoms with Crippen molar-refractivity contribution in [3.8, 4) is 5.75 Å². The first-order chi connectivity index (χ1) is 10.1. The van der Waals surface area contributed by atoms with Gasteiger partial charge in [-0.05, 0) is 30.7 Å². The predicted octanol–water partition coefficient (Wildman–Crippen LogP) is 2.89. The Morgan fingerprint density at radius 3 is 2.57 bits per heavy atom. The minimum atomic E-state index is -0.416. The summed E-state index contributed by atoms with van der Waals surface area (Å²) in [5, 5.41) is 0. The number of methoxy groups -OCH3 is 2. The third-order valence-electron chi connectivity index (χ3n) is 3.37. The zero-order valence-electron chi connectivity index (χ0n) is 12.0. The number of hydrogen-bond acceptors (Lipinski definition) is 5. The number of benzene rings is 2. The number of esters is 1. The fraction of sp³-hybridized carbons (Fsp3) is 0.188. The molecule has 0 bridgehead atoms. The van der Waals surface area contributed by atoms with Crippen LogP contribution in [0.25, 0.3) is 22.1 Å². The highest BCUT2D eigenvalue weighted by Crippen LogP contribution is 2.25. The van der Waals surface area contributed by atoms with Gasteiger partial charge in [0.15, 0.2) is 0 Å². The summed E-state index contributed by atoms with van der Waals surface area (Å²) in [5.41, 5.74) is 4.04. The zero-order chi connectivity index (χ0) is 15.0. The molecule has 0 fully saturated rings. The van der Waals surface area contributed by atoms with E-state index in [1.54, 1.807) is 19.2 Å². The van der Waals surface area contributed by atoms with Gasteiger partial charge in [-0.2, -0.15) is 0 Å². The molecule has 5 heteroatoms. The second-order valence-electron chi connectivity index (χ2n) is 4.70. The molecule has 0 atom stereocenters. The molecule has 0 radical (unpaired) electrons. The fourth-order valence-corrected chi connectivity index (χ4v) is 2.33. The van der Waals surface area contributed by atoms with Crippen LogP contribution in [0, 0.1) is 6.92 Å². The van der Waals surface area contributed by atoms with Crippen molar-refractivity contribution in [2.45, 2.75) is 6.92 Å². The molecule has 0 aliphatic rings. The van der Waals surface area contributed by atoms with E-state index in [1.807, 2.05) is 25.1 Å². The van der Waals surface area contributed by atoms with Crippen LogP contribution in [0.5, 0.6) is 5.75 Å². The lowest BCUT2D eigenvalue weighted by atomic mass is 10.1. The van der Waals surface area contributed by atoms with Gasteiger partial charge in [-0.3, -0.25) is 0 Å². The van der Waals surface area contributed by atoms with Crippen LogP contribution in [0.15, 0.2) is 30.3 Å². The molecule has 0 aliphatic carbocycles. The Hall–Kier alpha value is -2.69. The first kappa shape index (κ1) is 13.3. The van der Waals surface area contributed by atoms with Crippen molar-refractivity contribution in [2.24, 2.45) is 0 Å². The van der Waals surface area contributed by atoms with Crippen LogP contribution in [0.2, 0.25) is 0 Å². The van der Waals surface area contributed by atoms with E-state index in [9.17, 15) is 4.79 Å². The molecule has 0 spiro atoms. The lowest BCUT2D eigenvalue weighted by Crippen LogP contribution is -2.04. The Morgan fingerprint density at radius 2 is 1.86 bits per heavy atom. The van der Waals surface area contributed by atoms with Gasteiger partial charge in [0.1, 0.15) is 11.3 Å². The molecule has 0 saturated carbocycles. The highest BCUT2D eigenvalue weighted by atomic mass is 16.5. The standard InChI is InChI=1S/C16H14N2O3/c1-9-7-10(20-2)8-13-14(9)18-15-11(16(19)21-3)5-4-6-12(15)17-13/h4-8H,1-3H3. The SMILES string of the molecule is COC(=O)c1cccc2nc3cc(OC)cc(C)c3nc12. The van der Waals surface area contributed by atoms with Gasteiger partial charge in [-0.25, -0.2) is 14.8 Å². The van der Waals surface area contributed by atoms with E-state index in [0.717, 1.165) is 22.3 Å². The third-order valence-corrected chi connectivity index (χ3v) is 3.37. The minimum Gasteiger partial charge on any atom is -0.497 e. The number of aryl methyl sites for hydroxylation is 1. The number of rotatable bonds is 2. The van der Waals surface area contributed by atoms with Gasteiger partial charge in [-0.15, -0.1) is 0 Å². The Balaban J connectivity index is 2.38. The number of nitrogens with zero attached hydrogens (tertiary/aromatic N) is 2. The number of fused-ring (bicyclic) bond motifs is 2. The quantitative estimate of drug-likeness (QED) is 0.534. The molecule has 106 valence electrons. The lowest BCUT2D eigenvalue weighted by molar-refractivity contribution is 0.0603. The summed E-state index contributed by atoms with van der Waals surface area (Å²) in [7, 11) is 2.97. The summed E-state index contributed by atoms with van der Waals surface area (Å²) < 4.78 is 10.0. The van der Waals surface area contributed by atoms with Crippen molar-refractivity contribution in [3.05, 3.63) is 41.5 Å². The fourth-order valence-electron chi connectivity index (χ4n) is 2.33. The number of hydrogen-bond donors (Lipinski definition) is 0. The summed E-state index contributed by atoms with van der Waals surface area (Å²) in [4.78, 5) is 21.0. The summed E-state index contributed by atoms with van der Waals surface area (Å²) in [6.07, 6.45) is 0. The molecule has 0 saturated heterocycles. The first-order valence-electron chi connectivity index (χ1n) is 6.47. The smallest absolute Gasteiger partial charge is 0.340 e. The maximum absolute atomic E-state index is 11.8. The average molecular weight is 282 g/mol. The number of para-hydroxylation sites is 1. The van der Waals surface area contributed by atoms with Gasteiger partial charge in [-0.1, -0.05) is 6.07 Å². The Labute approximate surface area is 121 Å². The Bertz CT molecular complexity index is 859. The lowest BCUT2D eigenvalue weighted by Gasteiger charge is -2.08. The van der Waals surface area contributed by atoms with Crippen molar-refractivity contribution in [3.63, 3.8) is 0 Å². The van der Waals surface area contributed by atoms with Gasteiger partial charge < -0.3 is 9.47 Å². The van der Waals surface area contributed by atoms with Crippen LogP contribution in [0.4, 0.5) is 0 Å². The molecule has 0 N–H and O–H groups in total. The van der Waals surface area contributed by atoms with E-state index in [1.165, 1.54) is 7.11 Å². The molecule has 21 heavy (non-hydrogen) atoms. The van der Waals surface area contributed by atoms with Crippen molar-refractivity contribution < 1.29 is 14.3 Å². The van der Waals surface area contributed by atoms with E-state index in [4.69, 9.17) is 9.47 Å². The topological polar surface area (TPSA) is 61.3 Å². The highest BCUT2D eigenvalue weighted by molar-refractivity contribution is 6.03. The zero-order valence-corrected chi connectivity index (χ0v) is 12.0. The van der Waals surface area contributed by atoms with Crippen LogP contribution in [-0.4, -0.2) is 30.2 Å². The monoisotopic (exact) mass is 282 g/mol. The molecule has 0 amide bonds. The Morgan fingerprint density at radius 1 is 1.05 bits per heavy atom. The summed E-state index contributed by atoms with van der Waals surface area (Å²) >= 11 is 0. The van der Waals surface area contributed by atoms with Crippen molar-refractivity contribution in [1.82, 2.24) is 9.97 Å². The first-order valence-corrected chi connectivity index (χ1v) is 6.47. The summed E-state index contributed by atoms with van der Waals surface area (Å²) in [6, 6.07) is 9.00. The number of aromatic nitrogens is 2. The van der Waals surface area contributed by atoms with Crippen LogP contribution in [0.3, 0.4) is 0 Å². The van der Waals surface area contributed by atoms with Crippen molar-refractivity contribution in [2.75, 3.05) is 14.2 Å². The van der Waals surface area contributed by atoms with Crippen LogP contribution in [-0.2, 0) is 4.74 Å². The van der Waals surface area contributed by atoms with E-state index in [2.05, 4.69) is 9.97 Å².